The predicted octanol–water partition coefficient (Wildman–Crippen LogP) is 3.44. The number of piperidine rings is 1. The lowest BCUT2D eigenvalue weighted by Gasteiger charge is -2.26. The van der Waals surface area contributed by atoms with Gasteiger partial charge in [0, 0.05) is 37.8 Å². The van der Waals surface area contributed by atoms with Gasteiger partial charge in [-0.3, -0.25) is 9.89 Å². The number of nitrogens with zero attached hydrogens (tertiary/aromatic N) is 3. The van der Waals surface area contributed by atoms with Crippen molar-refractivity contribution in [3.8, 4) is 0 Å². The van der Waals surface area contributed by atoms with Crippen molar-refractivity contribution in [1.82, 2.24) is 20.4 Å². The summed E-state index contributed by atoms with van der Waals surface area (Å²) in [6, 6.07) is 2.15. The molecule has 2 N–H and O–H groups in total. The number of halogens is 1. The molecule has 3 fully saturated rings. The van der Waals surface area contributed by atoms with Gasteiger partial charge in [-0.1, -0.05) is 12.8 Å². The van der Waals surface area contributed by atoms with Crippen LogP contribution in [0.5, 0.6) is 0 Å². The minimum absolute atomic E-state index is 0. The fourth-order valence-electron chi connectivity index (χ4n) is 4.59. The zero-order valence-corrected chi connectivity index (χ0v) is 19.9. The zero-order valence-electron chi connectivity index (χ0n) is 17.6. The van der Waals surface area contributed by atoms with Gasteiger partial charge in [0.1, 0.15) is 0 Å². The molecule has 2 saturated heterocycles. The largest absolute Gasteiger partial charge is 0.357 e. The molecule has 0 aromatic heterocycles. The van der Waals surface area contributed by atoms with Crippen molar-refractivity contribution < 1.29 is 0 Å². The van der Waals surface area contributed by atoms with E-state index >= 15 is 0 Å². The third-order valence-corrected chi connectivity index (χ3v) is 6.18. The van der Waals surface area contributed by atoms with Crippen molar-refractivity contribution in [1.29, 1.82) is 0 Å². The minimum Gasteiger partial charge on any atom is -0.357 e. The molecule has 0 aromatic carbocycles. The maximum atomic E-state index is 4.83. The number of rotatable bonds is 9. The summed E-state index contributed by atoms with van der Waals surface area (Å²) >= 11 is 0. The van der Waals surface area contributed by atoms with E-state index in [2.05, 4.69) is 34.3 Å². The second-order valence-corrected chi connectivity index (χ2v) is 8.58. The minimum atomic E-state index is 0. The third-order valence-electron chi connectivity index (χ3n) is 6.18. The maximum absolute atomic E-state index is 4.83. The van der Waals surface area contributed by atoms with Gasteiger partial charge >= 0.3 is 0 Å². The van der Waals surface area contributed by atoms with Crippen molar-refractivity contribution in [2.75, 3.05) is 39.3 Å². The summed E-state index contributed by atoms with van der Waals surface area (Å²) in [6.07, 6.45) is 12.1. The highest BCUT2D eigenvalue weighted by atomic mass is 127. The van der Waals surface area contributed by atoms with Crippen LogP contribution < -0.4 is 10.6 Å². The number of nitrogens with one attached hydrogen (secondary N) is 2. The Morgan fingerprint density at radius 3 is 2.56 bits per heavy atom. The number of hydrogen-bond donors (Lipinski definition) is 2. The fourth-order valence-corrected chi connectivity index (χ4v) is 4.59. The van der Waals surface area contributed by atoms with Gasteiger partial charge in [0.25, 0.3) is 0 Å². The molecule has 1 aliphatic carbocycles. The molecule has 27 heavy (non-hydrogen) atoms. The van der Waals surface area contributed by atoms with Crippen LogP contribution in [0.3, 0.4) is 0 Å². The molecule has 3 aliphatic rings. The van der Waals surface area contributed by atoms with Gasteiger partial charge in [-0.05, 0) is 78.4 Å². The molecule has 3 rings (SSSR count). The molecule has 0 bridgehead atoms. The summed E-state index contributed by atoms with van der Waals surface area (Å²) in [4.78, 5) is 10.2. The first-order valence-electron chi connectivity index (χ1n) is 11.3. The first-order valence-corrected chi connectivity index (χ1v) is 11.3. The Morgan fingerprint density at radius 2 is 1.85 bits per heavy atom. The number of aliphatic imine (C=N–C) groups is 1. The first-order chi connectivity index (χ1) is 12.8. The van der Waals surface area contributed by atoms with Crippen LogP contribution in [0.2, 0.25) is 0 Å². The molecule has 2 heterocycles. The highest BCUT2D eigenvalue weighted by Crippen LogP contribution is 2.33. The standard InChI is InChI=1S/C21H41N5.HI/c1-3-22-21(24-19-16-18(2)26(17-19)20-10-11-20)23-12-6-4-7-13-25-14-8-5-9-15-25;/h18-20H,3-17H2,1-2H3,(H2,22,23,24);1H. The van der Waals surface area contributed by atoms with Crippen molar-refractivity contribution in [3.05, 3.63) is 0 Å². The van der Waals surface area contributed by atoms with E-state index in [9.17, 15) is 0 Å². The van der Waals surface area contributed by atoms with E-state index in [1.807, 2.05) is 0 Å². The monoisotopic (exact) mass is 491 g/mol. The van der Waals surface area contributed by atoms with Gasteiger partial charge < -0.3 is 15.5 Å². The lowest BCUT2D eigenvalue weighted by Crippen LogP contribution is -2.44. The average Bonchev–Trinajstić information content (AvgIpc) is 3.42. The topological polar surface area (TPSA) is 42.9 Å². The lowest BCUT2D eigenvalue weighted by molar-refractivity contribution is 0.224. The predicted molar refractivity (Wildman–Crippen MR) is 126 cm³/mol. The molecule has 158 valence electrons. The number of guanidine groups is 1. The average molecular weight is 492 g/mol. The number of unbranched alkanes of at least 4 members (excludes halogenated alkanes) is 2. The smallest absolute Gasteiger partial charge is 0.191 e. The third kappa shape index (κ3) is 8.05. The Morgan fingerprint density at radius 1 is 1.07 bits per heavy atom. The molecular formula is C21H42IN5. The Hall–Kier alpha value is -0.0800. The number of hydrogen-bond acceptors (Lipinski definition) is 3. The zero-order chi connectivity index (χ0) is 18.2. The van der Waals surface area contributed by atoms with E-state index in [0.29, 0.717) is 6.04 Å². The summed E-state index contributed by atoms with van der Waals surface area (Å²) in [6.45, 7) is 11.6. The molecule has 0 spiro atoms. The summed E-state index contributed by atoms with van der Waals surface area (Å²) < 4.78 is 0. The van der Waals surface area contributed by atoms with Gasteiger partial charge in [-0.2, -0.15) is 0 Å². The van der Waals surface area contributed by atoms with Crippen LogP contribution >= 0.6 is 24.0 Å². The SMILES string of the molecule is CCNC(=NCCCCCN1CCCCC1)NC1CC(C)N(C2CC2)C1.I. The molecule has 5 nitrogen and oxygen atoms in total. The Kier molecular flexibility index (Phi) is 10.7. The highest BCUT2D eigenvalue weighted by Gasteiger charge is 2.38. The fraction of sp³-hybridized carbons (Fsp3) is 0.952. The Labute approximate surface area is 184 Å². The van der Waals surface area contributed by atoms with Crippen molar-refractivity contribution in [2.45, 2.75) is 89.8 Å². The first kappa shape index (κ1) is 23.2. The molecule has 0 radical (unpaired) electrons. The van der Waals surface area contributed by atoms with Gasteiger partial charge in [0.2, 0.25) is 0 Å². The van der Waals surface area contributed by atoms with Crippen LogP contribution in [0.4, 0.5) is 0 Å². The van der Waals surface area contributed by atoms with Gasteiger partial charge in [-0.25, -0.2) is 0 Å². The summed E-state index contributed by atoms with van der Waals surface area (Å²) in [5.41, 5.74) is 0. The highest BCUT2D eigenvalue weighted by molar-refractivity contribution is 14.0. The molecule has 1 saturated carbocycles. The maximum Gasteiger partial charge on any atom is 0.191 e. The van der Waals surface area contributed by atoms with E-state index in [-0.39, 0.29) is 24.0 Å². The van der Waals surface area contributed by atoms with Crippen LogP contribution in [0.15, 0.2) is 4.99 Å². The van der Waals surface area contributed by atoms with Gasteiger partial charge in [0.15, 0.2) is 5.96 Å². The molecule has 6 heteroatoms. The number of likely N-dealkylation sites (tertiary alicyclic amines) is 2. The quantitative estimate of drug-likeness (QED) is 0.225. The summed E-state index contributed by atoms with van der Waals surface area (Å²) in [5.74, 6) is 1.03. The molecule has 2 atom stereocenters. The Balaban J connectivity index is 0.00000261. The van der Waals surface area contributed by atoms with Crippen LogP contribution in [-0.2, 0) is 0 Å². The van der Waals surface area contributed by atoms with E-state index in [1.54, 1.807) is 0 Å². The summed E-state index contributed by atoms with van der Waals surface area (Å²) in [7, 11) is 0. The molecule has 2 unspecified atom stereocenters. The van der Waals surface area contributed by atoms with Crippen molar-refractivity contribution in [2.24, 2.45) is 4.99 Å². The Bertz CT molecular complexity index is 434. The van der Waals surface area contributed by atoms with Crippen LogP contribution in [0.25, 0.3) is 0 Å². The van der Waals surface area contributed by atoms with Crippen LogP contribution in [0.1, 0.15) is 71.6 Å². The van der Waals surface area contributed by atoms with Crippen molar-refractivity contribution in [3.63, 3.8) is 0 Å². The molecule has 0 amide bonds. The second kappa shape index (κ2) is 12.5. The van der Waals surface area contributed by atoms with Crippen LogP contribution in [-0.4, -0.2) is 73.2 Å². The molecule has 2 aliphatic heterocycles. The summed E-state index contributed by atoms with van der Waals surface area (Å²) in [5, 5.41) is 7.13. The normalized spacial score (nSPS) is 27.4. The van der Waals surface area contributed by atoms with E-state index in [1.165, 1.54) is 84.0 Å². The second-order valence-electron chi connectivity index (χ2n) is 8.58. The molecule has 0 aromatic rings. The van der Waals surface area contributed by atoms with E-state index < -0.39 is 0 Å². The van der Waals surface area contributed by atoms with E-state index in [0.717, 1.165) is 31.1 Å². The van der Waals surface area contributed by atoms with Gasteiger partial charge in [-0.15, -0.1) is 24.0 Å². The van der Waals surface area contributed by atoms with Crippen molar-refractivity contribution >= 4 is 29.9 Å². The molecular weight excluding hydrogens is 449 g/mol. The lowest BCUT2D eigenvalue weighted by atomic mass is 10.1. The van der Waals surface area contributed by atoms with E-state index in [4.69, 9.17) is 4.99 Å². The van der Waals surface area contributed by atoms with Gasteiger partial charge in [0.05, 0.1) is 0 Å². The van der Waals surface area contributed by atoms with Crippen LogP contribution in [0, 0.1) is 0 Å².